The van der Waals surface area contributed by atoms with Gasteiger partial charge in [0.1, 0.15) is 0 Å². The standard InChI is InChI=1S/C35H51NO2.C3H6/c1-23(37)25-11-7-6-10-24(25)22-36-31(38)35-19-8-12-28(35)26-13-14-30-33(4,27(26)15-21-35)20-16-29-32(2,3)17-9-18-34(29,30)5;1-3-2/h6-7,10-11,26-30H,8-9,12-22H2,1-5H3,(H,36,38);3H,1H2,2H3. The normalized spacial score (nSPS) is 40.4. The smallest absolute Gasteiger partial charge is 0.226 e. The molecule has 226 valence electrons. The van der Waals surface area contributed by atoms with Gasteiger partial charge in [0, 0.05) is 12.1 Å². The third-order valence-electron chi connectivity index (χ3n) is 13.5. The molecule has 0 saturated heterocycles. The van der Waals surface area contributed by atoms with Gasteiger partial charge in [0.15, 0.2) is 5.78 Å². The zero-order chi connectivity index (χ0) is 29.6. The Bertz CT molecular complexity index is 1150. The zero-order valence-corrected chi connectivity index (χ0v) is 27.0. The summed E-state index contributed by atoms with van der Waals surface area (Å²) in [7, 11) is 0. The molecule has 6 rings (SSSR count). The summed E-state index contributed by atoms with van der Waals surface area (Å²) >= 11 is 0. The lowest BCUT2D eigenvalue weighted by atomic mass is 9.36. The minimum absolute atomic E-state index is 0.0713. The Labute approximate surface area is 250 Å². The number of carbonyl (C=O) groups excluding carboxylic acids is 2. The average Bonchev–Trinajstić information content (AvgIpc) is 3.37. The number of hydrogen-bond donors (Lipinski definition) is 1. The summed E-state index contributed by atoms with van der Waals surface area (Å²) in [6.45, 7) is 17.8. The summed E-state index contributed by atoms with van der Waals surface area (Å²) in [5, 5.41) is 3.35. The first-order chi connectivity index (χ1) is 19.4. The average molecular weight is 560 g/mol. The highest BCUT2D eigenvalue weighted by atomic mass is 16.2. The number of rotatable bonds is 4. The second kappa shape index (κ2) is 11.3. The highest BCUT2D eigenvalue weighted by Gasteiger charge is 2.66. The molecule has 8 unspecified atom stereocenters. The van der Waals surface area contributed by atoms with Gasteiger partial charge in [-0.25, -0.2) is 0 Å². The lowest BCUT2D eigenvalue weighted by molar-refractivity contribution is -0.196. The van der Waals surface area contributed by atoms with Crippen molar-refractivity contribution in [3.63, 3.8) is 0 Å². The molecule has 8 atom stereocenters. The van der Waals surface area contributed by atoms with Crippen LogP contribution in [0.15, 0.2) is 36.9 Å². The van der Waals surface area contributed by atoms with Crippen LogP contribution < -0.4 is 5.32 Å². The third-order valence-corrected chi connectivity index (χ3v) is 13.5. The third kappa shape index (κ3) is 4.96. The minimum Gasteiger partial charge on any atom is -0.352 e. The topological polar surface area (TPSA) is 46.2 Å². The van der Waals surface area contributed by atoms with Crippen LogP contribution in [0.2, 0.25) is 0 Å². The molecule has 41 heavy (non-hydrogen) atoms. The van der Waals surface area contributed by atoms with Gasteiger partial charge >= 0.3 is 0 Å². The number of nitrogens with one attached hydrogen (secondary N) is 1. The van der Waals surface area contributed by atoms with E-state index in [-0.39, 0.29) is 17.1 Å². The van der Waals surface area contributed by atoms with E-state index >= 15 is 0 Å². The lowest BCUT2D eigenvalue weighted by Crippen LogP contribution is -2.62. The highest BCUT2D eigenvalue weighted by molar-refractivity contribution is 5.95. The van der Waals surface area contributed by atoms with Crippen LogP contribution in [0, 0.1) is 51.2 Å². The van der Waals surface area contributed by atoms with Crippen LogP contribution in [-0.4, -0.2) is 11.7 Å². The quantitative estimate of drug-likeness (QED) is 0.295. The van der Waals surface area contributed by atoms with Crippen molar-refractivity contribution in [1.82, 2.24) is 5.32 Å². The summed E-state index contributed by atoms with van der Waals surface area (Å²) in [5.41, 5.74) is 2.90. The van der Waals surface area contributed by atoms with Gasteiger partial charge in [-0.15, -0.1) is 6.58 Å². The lowest BCUT2D eigenvalue weighted by Gasteiger charge is -2.68. The first-order valence-corrected chi connectivity index (χ1v) is 16.9. The molecule has 0 aliphatic heterocycles. The second-order valence-corrected chi connectivity index (χ2v) is 15.8. The predicted octanol–water partition coefficient (Wildman–Crippen LogP) is 9.55. The van der Waals surface area contributed by atoms with Crippen molar-refractivity contribution < 1.29 is 9.59 Å². The summed E-state index contributed by atoms with van der Waals surface area (Å²) in [4.78, 5) is 26.1. The van der Waals surface area contributed by atoms with Gasteiger partial charge in [0.25, 0.3) is 0 Å². The summed E-state index contributed by atoms with van der Waals surface area (Å²) in [6, 6.07) is 7.75. The van der Waals surface area contributed by atoms with Crippen LogP contribution >= 0.6 is 0 Å². The molecule has 1 aromatic rings. The van der Waals surface area contributed by atoms with E-state index in [1.54, 1.807) is 13.0 Å². The largest absolute Gasteiger partial charge is 0.352 e. The number of Topliss-reactive ketones (excluding diaryl/α,β-unsaturated/α-hetero) is 1. The van der Waals surface area contributed by atoms with E-state index in [2.05, 4.69) is 39.6 Å². The maximum Gasteiger partial charge on any atom is 0.226 e. The number of allylic oxidation sites excluding steroid dienone is 1. The van der Waals surface area contributed by atoms with Crippen LogP contribution in [0.4, 0.5) is 0 Å². The Morgan fingerprint density at radius 1 is 0.854 bits per heavy atom. The second-order valence-electron chi connectivity index (χ2n) is 15.8. The van der Waals surface area contributed by atoms with E-state index in [1.807, 2.05) is 31.2 Å². The first kappa shape index (κ1) is 30.6. The predicted molar refractivity (Wildman–Crippen MR) is 169 cm³/mol. The van der Waals surface area contributed by atoms with E-state index in [0.717, 1.165) is 41.7 Å². The fourth-order valence-corrected chi connectivity index (χ4v) is 12.1. The molecular weight excluding hydrogens is 502 g/mol. The Hall–Kier alpha value is -1.90. The molecule has 5 aliphatic rings. The van der Waals surface area contributed by atoms with E-state index in [4.69, 9.17) is 0 Å². The molecule has 3 heteroatoms. The zero-order valence-electron chi connectivity index (χ0n) is 27.0. The van der Waals surface area contributed by atoms with Crippen molar-refractivity contribution in [3.05, 3.63) is 48.0 Å². The van der Waals surface area contributed by atoms with Crippen LogP contribution in [0.3, 0.4) is 0 Å². The van der Waals surface area contributed by atoms with Crippen molar-refractivity contribution in [2.24, 2.45) is 51.2 Å². The molecule has 0 aromatic heterocycles. The molecule has 0 spiro atoms. The van der Waals surface area contributed by atoms with E-state index in [0.29, 0.717) is 34.6 Å². The Balaban J connectivity index is 0.00000108. The van der Waals surface area contributed by atoms with E-state index in [1.165, 1.54) is 64.2 Å². The Morgan fingerprint density at radius 2 is 1.59 bits per heavy atom. The first-order valence-electron chi connectivity index (χ1n) is 16.9. The monoisotopic (exact) mass is 559 g/mol. The maximum atomic E-state index is 14.0. The summed E-state index contributed by atoms with van der Waals surface area (Å²) in [6.07, 6.45) is 17.3. The number of ketones is 1. The Morgan fingerprint density at radius 3 is 2.32 bits per heavy atom. The van der Waals surface area contributed by atoms with Gasteiger partial charge in [-0.1, -0.05) is 70.9 Å². The highest BCUT2D eigenvalue weighted by Crippen LogP contribution is 2.72. The molecule has 1 N–H and O–H groups in total. The number of amides is 1. The van der Waals surface area contributed by atoms with Gasteiger partial charge in [0.2, 0.25) is 5.91 Å². The number of carbonyl (C=O) groups is 2. The molecule has 5 fully saturated rings. The molecule has 3 nitrogen and oxygen atoms in total. The van der Waals surface area contributed by atoms with Crippen molar-refractivity contribution in [2.45, 2.75) is 125 Å². The van der Waals surface area contributed by atoms with Crippen LogP contribution in [0.1, 0.15) is 135 Å². The summed E-state index contributed by atoms with van der Waals surface area (Å²) < 4.78 is 0. The Kier molecular flexibility index (Phi) is 8.43. The van der Waals surface area contributed by atoms with E-state index in [9.17, 15) is 9.59 Å². The molecule has 1 amide bonds. The molecule has 0 bridgehead atoms. The van der Waals surface area contributed by atoms with E-state index < -0.39 is 0 Å². The van der Waals surface area contributed by atoms with Crippen LogP contribution in [-0.2, 0) is 11.3 Å². The SMILES string of the molecule is C=CC.CC(=O)c1ccccc1CNC(=O)C12CCCC1C1CCC3C(C)(CCC4C(C)(C)CCCC43C)C1CC2. The van der Waals surface area contributed by atoms with Gasteiger partial charge in [-0.3, -0.25) is 9.59 Å². The molecule has 5 saturated carbocycles. The van der Waals surface area contributed by atoms with Crippen molar-refractivity contribution in [2.75, 3.05) is 0 Å². The van der Waals surface area contributed by atoms with Gasteiger partial charge < -0.3 is 5.32 Å². The minimum atomic E-state index is -0.191. The fraction of sp³-hybridized carbons (Fsp3) is 0.737. The number of hydrogen-bond acceptors (Lipinski definition) is 2. The number of fused-ring (bicyclic) bond motifs is 7. The molecule has 0 heterocycles. The fourth-order valence-electron chi connectivity index (χ4n) is 12.1. The van der Waals surface area contributed by atoms with Gasteiger partial charge in [-0.05, 0) is 129 Å². The van der Waals surface area contributed by atoms with Crippen molar-refractivity contribution in [3.8, 4) is 0 Å². The molecular formula is C38H57NO2. The molecule has 0 radical (unpaired) electrons. The van der Waals surface area contributed by atoms with Gasteiger partial charge in [0.05, 0.1) is 5.41 Å². The van der Waals surface area contributed by atoms with Crippen LogP contribution in [0.25, 0.3) is 0 Å². The molecule has 1 aromatic carbocycles. The molecule has 5 aliphatic carbocycles. The van der Waals surface area contributed by atoms with Gasteiger partial charge in [-0.2, -0.15) is 0 Å². The van der Waals surface area contributed by atoms with Crippen LogP contribution in [0.5, 0.6) is 0 Å². The maximum absolute atomic E-state index is 14.0. The summed E-state index contributed by atoms with van der Waals surface area (Å²) in [5.74, 6) is 4.09. The van der Waals surface area contributed by atoms with Crippen molar-refractivity contribution >= 4 is 11.7 Å². The number of benzene rings is 1. The van der Waals surface area contributed by atoms with Crippen molar-refractivity contribution in [1.29, 1.82) is 0 Å².